The predicted molar refractivity (Wildman–Crippen MR) is 118 cm³/mol. The van der Waals surface area contributed by atoms with Gasteiger partial charge < -0.3 is 24.7 Å². The van der Waals surface area contributed by atoms with Gasteiger partial charge in [-0.25, -0.2) is 15.0 Å². The fraction of sp³-hybridized carbons (Fsp3) is 0.400. The summed E-state index contributed by atoms with van der Waals surface area (Å²) < 4.78 is 13.8. The van der Waals surface area contributed by atoms with E-state index in [0.717, 1.165) is 60.5 Å². The molecule has 0 aromatic heterocycles. The van der Waals surface area contributed by atoms with Gasteiger partial charge in [-0.2, -0.15) is 0 Å². The number of rotatable bonds is 6. The maximum atomic E-state index is 11.1. The Bertz CT molecular complexity index is 1090. The largest absolute Gasteiger partial charge is 0.454 e. The molecule has 1 saturated heterocycles. The molecule has 0 saturated carbocycles. The summed E-state index contributed by atoms with van der Waals surface area (Å²) in [4.78, 5) is 27.5. The average molecular weight is 505 g/mol. The lowest BCUT2D eigenvalue weighted by molar-refractivity contribution is -0.119. The number of ether oxygens (including phenoxy) is 2. The fourth-order valence-electron chi connectivity index (χ4n) is 3.97. The molecule has 0 bridgehead atoms. The normalized spacial score (nSPS) is 18.0. The van der Waals surface area contributed by atoms with E-state index in [9.17, 15) is 4.79 Å². The molecular weight excluding hydrogens is 484 g/mol. The van der Waals surface area contributed by atoms with Gasteiger partial charge in [0, 0.05) is 29.0 Å². The van der Waals surface area contributed by atoms with E-state index in [1.807, 2.05) is 21.6 Å². The van der Waals surface area contributed by atoms with Crippen molar-refractivity contribution < 1.29 is 14.3 Å². The van der Waals surface area contributed by atoms with Gasteiger partial charge in [0.15, 0.2) is 34.0 Å². The number of nitrogen functional groups attached to an aromatic ring is 1. The number of piperidine rings is 1. The van der Waals surface area contributed by atoms with Crippen LogP contribution in [0.5, 0.6) is 11.5 Å². The van der Waals surface area contributed by atoms with E-state index in [-0.39, 0.29) is 6.79 Å². The van der Waals surface area contributed by atoms with E-state index in [0.29, 0.717) is 34.1 Å². The van der Waals surface area contributed by atoms with Crippen molar-refractivity contribution in [2.24, 2.45) is 5.92 Å². The first kappa shape index (κ1) is 20.4. The summed E-state index contributed by atoms with van der Waals surface area (Å²) in [5.41, 5.74) is 6.68. The van der Waals surface area contributed by atoms with E-state index in [2.05, 4.69) is 25.9 Å². The summed E-state index contributed by atoms with van der Waals surface area (Å²) in [7, 11) is 0. The Morgan fingerprint density at radius 2 is 2.13 bits per heavy atom. The summed E-state index contributed by atoms with van der Waals surface area (Å²) in [6, 6.07) is 3.80. The number of halogens is 1. The van der Waals surface area contributed by atoms with E-state index in [1.165, 1.54) is 11.8 Å². The third-order valence-corrected chi connectivity index (χ3v) is 7.42. The van der Waals surface area contributed by atoms with Gasteiger partial charge in [0.2, 0.25) is 13.2 Å². The highest BCUT2D eigenvalue weighted by Gasteiger charge is 2.23. The minimum Gasteiger partial charge on any atom is -0.454 e. The van der Waals surface area contributed by atoms with Gasteiger partial charge in [-0.05, 0) is 65.0 Å². The van der Waals surface area contributed by atoms with Crippen LogP contribution >= 0.6 is 27.7 Å². The lowest BCUT2D eigenvalue weighted by atomic mass is 9.95. The summed E-state index contributed by atoms with van der Waals surface area (Å²) in [6.07, 6.45) is 5.78. The number of hydrogen-bond acceptors (Lipinski definition) is 8. The van der Waals surface area contributed by atoms with Crippen LogP contribution in [0.1, 0.15) is 19.3 Å². The summed E-state index contributed by atoms with van der Waals surface area (Å²) in [6.45, 7) is 2.63. The van der Waals surface area contributed by atoms with Crippen LogP contribution < -0.4 is 15.2 Å². The van der Waals surface area contributed by atoms with Crippen molar-refractivity contribution in [2.45, 2.75) is 35.9 Å². The Morgan fingerprint density at radius 1 is 1.29 bits per heavy atom. The van der Waals surface area contributed by atoms with Crippen LogP contribution in [0.25, 0.3) is 11.5 Å². The second-order valence-electron chi connectivity index (χ2n) is 7.64. The first-order valence-corrected chi connectivity index (χ1v) is 11.7. The smallest absolute Gasteiger partial charge is 0.231 e. The van der Waals surface area contributed by atoms with Crippen molar-refractivity contribution in [2.75, 3.05) is 25.6 Å². The summed E-state index contributed by atoms with van der Waals surface area (Å²) >= 11 is 5.00. The van der Waals surface area contributed by atoms with Crippen molar-refractivity contribution in [3.05, 3.63) is 22.9 Å². The number of likely N-dealkylation sites (tertiary alicyclic amines) is 1. The van der Waals surface area contributed by atoms with Gasteiger partial charge in [-0.1, -0.05) is 0 Å². The molecule has 162 valence electrons. The quantitative estimate of drug-likeness (QED) is 0.509. The van der Waals surface area contributed by atoms with Crippen LogP contribution in [0.2, 0.25) is 0 Å². The summed E-state index contributed by atoms with van der Waals surface area (Å²) in [5.74, 6) is 2.97. The first-order chi connectivity index (χ1) is 15.1. The lowest BCUT2D eigenvalue weighted by Gasteiger charge is -2.30. The Morgan fingerprint density at radius 3 is 2.97 bits per heavy atom. The number of nitrogens with two attached hydrogens (primary N) is 1. The number of carbonyl (C=O) groups excluding carboxylic acids is 1. The monoisotopic (exact) mass is 504 g/mol. The zero-order valence-corrected chi connectivity index (χ0v) is 19.1. The molecule has 4 aliphatic rings. The molecule has 1 aromatic carbocycles. The fourth-order valence-corrected chi connectivity index (χ4v) is 5.32. The molecule has 0 spiro atoms. The Hall–Kier alpha value is -2.53. The van der Waals surface area contributed by atoms with Gasteiger partial charge in [0.25, 0.3) is 0 Å². The number of benzene rings is 1. The lowest BCUT2D eigenvalue weighted by Crippen LogP contribution is -2.34. The minimum atomic E-state index is 0.223. The van der Waals surface area contributed by atoms with E-state index in [4.69, 9.17) is 20.2 Å². The van der Waals surface area contributed by atoms with Crippen LogP contribution in [0, 0.1) is 5.92 Å². The van der Waals surface area contributed by atoms with Crippen molar-refractivity contribution in [3.8, 4) is 23.0 Å². The van der Waals surface area contributed by atoms with E-state index < -0.39 is 0 Å². The highest BCUT2D eigenvalue weighted by atomic mass is 79.9. The third-order valence-electron chi connectivity index (χ3n) is 5.58. The number of fused-ring (bicyclic) bond motifs is 2. The van der Waals surface area contributed by atoms with Gasteiger partial charge in [0.05, 0.1) is 6.33 Å². The molecule has 0 radical (unpaired) electrons. The zero-order valence-electron chi connectivity index (χ0n) is 16.7. The maximum Gasteiger partial charge on any atom is 0.231 e. The topological polar surface area (TPSA) is 108 Å². The van der Waals surface area contributed by atoms with Crippen molar-refractivity contribution in [1.29, 1.82) is 0 Å². The van der Waals surface area contributed by atoms with E-state index >= 15 is 0 Å². The minimum absolute atomic E-state index is 0.223. The average Bonchev–Trinajstić information content (AvgIpc) is 3.41. The molecule has 1 atom stereocenters. The first-order valence-electron chi connectivity index (χ1n) is 10.1. The maximum absolute atomic E-state index is 11.1. The van der Waals surface area contributed by atoms with Crippen molar-refractivity contribution >= 4 is 39.9 Å². The highest BCUT2D eigenvalue weighted by Crippen LogP contribution is 2.43. The molecule has 9 nitrogen and oxygen atoms in total. The second kappa shape index (κ2) is 8.54. The molecule has 4 heterocycles. The van der Waals surface area contributed by atoms with Crippen LogP contribution in [-0.2, 0) is 11.3 Å². The van der Waals surface area contributed by atoms with Gasteiger partial charge in [0.1, 0.15) is 0 Å². The van der Waals surface area contributed by atoms with Gasteiger partial charge in [-0.15, -0.1) is 0 Å². The highest BCUT2D eigenvalue weighted by molar-refractivity contribution is 9.10. The molecule has 0 aliphatic carbocycles. The van der Waals surface area contributed by atoms with Crippen LogP contribution in [-0.4, -0.2) is 50.7 Å². The summed E-state index contributed by atoms with van der Waals surface area (Å²) in [5, 5.41) is 0.591. The predicted octanol–water partition coefficient (Wildman–Crippen LogP) is 3.26. The van der Waals surface area contributed by atoms with Crippen LogP contribution in [0.15, 0.2) is 33.0 Å². The molecule has 2 N–H and O–H groups in total. The number of hydrogen-bond donors (Lipinski definition) is 1. The molecule has 0 unspecified atom stereocenters. The number of aryl methyl sites for hydroxylation is 1. The number of aromatic nitrogens is 4. The van der Waals surface area contributed by atoms with Crippen molar-refractivity contribution in [3.63, 3.8) is 0 Å². The van der Waals surface area contributed by atoms with Gasteiger partial charge >= 0.3 is 0 Å². The van der Waals surface area contributed by atoms with Crippen LogP contribution in [0.3, 0.4) is 0 Å². The molecular formula is C20H21BrN6O3S. The third kappa shape index (κ3) is 4.16. The standard InChI is InChI=1S/C20H21BrN6O3S/c21-13-6-14-15(30-11-29-14)7-16(13)31-20-24-17-18(22)23-9-27(19(17)25-20)5-3-12-2-1-4-26(8-12)10-28/h6-7,9-10,12H,1-5,8,11,22H2/t12-/m1/s1. The molecule has 31 heavy (non-hydrogen) atoms. The number of carbonyl (C=O) groups is 1. The SMILES string of the molecule is Nc1ncn(CC[C@H]2CCCN(C=O)C2)c2nc(Sc3cc4c(cc3Br)OCO4)nc1-2. The number of amides is 1. The van der Waals surface area contributed by atoms with Crippen LogP contribution in [0.4, 0.5) is 5.82 Å². The molecule has 1 amide bonds. The molecule has 1 aromatic rings. The Labute approximate surface area is 191 Å². The number of imidazole rings is 1. The molecule has 11 heteroatoms. The molecule has 1 fully saturated rings. The van der Waals surface area contributed by atoms with Crippen molar-refractivity contribution in [1.82, 2.24) is 24.4 Å². The number of nitrogens with zero attached hydrogens (tertiary/aromatic N) is 5. The molecule has 4 aliphatic heterocycles. The Balaban J connectivity index is 1.36. The molecule has 5 rings (SSSR count). The second-order valence-corrected chi connectivity index (χ2v) is 9.50. The Kier molecular flexibility index (Phi) is 5.61. The number of anilines is 1. The zero-order chi connectivity index (χ0) is 21.4. The van der Waals surface area contributed by atoms with Gasteiger partial charge in [-0.3, -0.25) is 4.79 Å². The van der Waals surface area contributed by atoms with E-state index in [1.54, 1.807) is 6.33 Å².